The van der Waals surface area contributed by atoms with Crippen LogP contribution in [-0.2, 0) is 19.6 Å². The Labute approximate surface area is 167 Å². The Bertz CT molecular complexity index is 984. The topological polar surface area (TPSA) is 172 Å². The average molecular weight is 424 g/mol. The second-order valence-corrected chi connectivity index (χ2v) is 7.98. The number of nitrogens with one attached hydrogen (secondary N) is 1. The van der Waals surface area contributed by atoms with Crippen LogP contribution >= 0.6 is 0 Å². The van der Waals surface area contributed by atoms with Crippen molar-refractivity contribution in [1.82, 2.24) is 19.4 Å². The molecule has 0 fully saturated rings. The lowest BCUT2D eigenvalue weighted by Gasteiger charge is -2.17. The van der Waals surface area contributed by atoms with Crippen molar-refractivity contribution in [2.24, 2.45) is 5.92 Å². The van der Waals surface area contributed by atoms with Gasteiger partial charge in [0.05, 0.1) is 31.3 Å². The Kier molecular flexibility index (Phi) is 7.35. The number of hydrogen-bond acceptors (Lipinski definition) is 10. The molecule has 0 saturated heterocycles. The maximum absolute atomic E-state index is 12.4. The highest BCUT2D eigenvalue weighted by Crippen LogP contribution is 2.25. The lowest BCUT2D eigenvalue weighted by atomic mass is 9.97. The van der Waals surface area contributed by atoms with Crippen molar-refractivity contribution in [2.45, 2.75) is 17.9 Å². The number of rotatable bonds is 9. The number of amides is 1. The number of carbonyl (C=O) groups is 1. The number of aliphatic hydroxyl groups excluding tert-OH is 1. The van der Waals surface area contributed by atoms with Crippen LogP contribution in [0.2, 0.25) is 0 Å². The minimum absolute atomic E-state index is 0.140. The first-order valence-corrected chi connectivity index (χ1v) is 9.73. The molecule has 2 heterocycles. The fourth-order valence-corrected chi connectivity index (χ4v) is 3.31. The van der Waals surface area contributed by atoms with Crippen LogP contribution in [0.1, 0.15) is 17.4 Å². The minimum Gasteiger partial charge on any atom is -0.386 e. The van der Waals surface area contributed by atoms with E-state index in [0.717, 1.165) is 16.7 Å². The highest BCUT2D eigenvalue weighted by Gasteiger charge is 2.31. The number of nitriles is 1. The fourth-order valence-electron chi connectivity index (χ4n) is 2.26. The van der Waals surface area contributed by atoms with Crippen LogP contribution in [0, 0.1) is 24.2 Å². The molecular formula is C16H20N6O6S. The summed E-state index contributed by atoms with van der Waals surface area (Å²) in [5, 5.41) is 25.3. The molecule has 0 bridgehead atoms. The van der Waals surface area contributed by atoms with Crippen molar-refractivity contribution < 1.29 is 27.6 Å². The van der Waals surface area contributed by atoms with Crippen LogP contribution in [0.5, 0.6) is 0 Å². The number of ether oxygens (including phenoxy) is 1. The number of anilines is 1. The van der Waals surface area contributed by atoms with E-state index >= 15 is 0 Å². The molecule has 2 atom stereocenters. The smallest absolute Gasteiger partial charge is 0.247 e. The zero-order chi connectivity index (χ0) is 21.6. The van der Waals surface area contributed by atoms with E-state index in [9.17, 15) is 23.6 Å². The highest BCUT2D eigenvalue weighted by atomic mass is 32.2. The van der Waals surface area contributed by atoms with E-state index in [1.165, 1.54) is 27.3 Å². The van der Waals surface area contributed by atoms with E-state index in [2.05, 4.69) is 20.4 Å². The standard InChI is InChI=1S/C16H20N6O6S/c1-10-13(9-20-28-10)14(23)12(6-17)15(24)21-16-18-7-11(8-19-16)29(25,26)22(2)4-5-27-3/h7-9,12,14,23H,4-5H2,1-3H3,(H,18,19,21,24). The van der Waals surface area contributed by atoms with Gasteiger partial charge < -0.3 is 14.4 Å². The van der Waals surface area contributed by atoms with Gasteiger partial charge in [-0.1, -0.05) is 5.16 Å². The SMILES string of the molecule is COCCN(C)S(=O)(=O)c1cnc(NC(=O)C(C#N)C(O)c2cnoc2C)nc1. The summed E-state index contributed by atoms with van der Waals surface area (Å²) < 4.78 is 35.5. The summed E-state index contributed by atoms with van der Waals surface area (Å²) in [5.74, 6) is -2.30. The number of aromatic nitrogens is 3. The van der Waals surface area contributed by atoms with Crippen molar-refractivity contribution in [3.8, 4) is 6.07 Å². The van der Waals surface area contributed by atoms with E-state index in [4.69, 9.17) is 9.26 Å². The molecule has 0 saturated carbocycles. The highest BCUT2D eigenvalue weighted by molar-refractivity contribution is 7.89. The van der Waals surface area contributed by atoms with Gasteiger partial charge in [0.2, 0.25) is 21.9 Å². The quantitative estimate of drug-likeness (QED) is 0.551. The first kappa shape index (κ1) is 22.4. The Hall–Kier alpha value is -2.92. The molecule has 13 heteroatoms. The van der Waals surface area contributed by atoms with Gasteiger partial charge in [-0.2, -0.15) is 9.57 Å². The fraction of sp³-hybridized carbons (Fsp3) is 0.438. The zero-order valence-corrected chi connectivity index (χ0v) is 16.8. The molecule has 0 radical (unpaired) electrons. The number of methoxy groups -OCH3 is 1. The van der Waals surface area contributed by atoms with E-state index in [-0.39, 0.29) is 35.3 Å². The van der Waals surface area contributed by atoms with Gasteiger partial charge >= 0.3 is 0 Å². The molecule has 2 aromatic heterocycles. The second kappa shape index (κ2) is 9.52. The third-order valence-electron chi connectivity index (χ3n) is 4.03. The normalized spacial score (nSPS) is 13.7. The van der Waals surface area contributed by atoms with Gasteiger partial charge in [-0.05, 0) is 6.92 Å². The van der Waals surface area contributed by atoms with E-state index in [1.807, 2.05) is 0 Å². The number of aliphatic hydroxyl groups is 1. The number of carbonyl (C=O) groups excluding carboxylic acids is 1. The van der Waals surface area contributed by atoms with Crippen LogP contribution in [-0.4, -0.2) is 66.2 Å². The minimum atomic E-state index is -3.82. The lowest BCUT2D eigenvalue weighted by molar-refractivity contribution is -0.121. The van der Waals surface area contributed by atoms with Crippen LogP contribution in [0.4, 0.5) is 5.95 Å². The van der Waals surface area contributed by atoms with Gasteiger partial charge in [0, 0.05) is 26.3 Å². The van der Waals surface area contributed by atoms with Crippen molar-refractivity contribution in [3.05, 3.63) is 29.9 Å². The number of sulfonamides is 1. The third kappa shape index (κ3) is 5.12. The van der Waals surface area contributed by atoms with Crippen LogP contribution < -0.4 is 5.32 Å². The molecule has 2 unspecified atom stereocenters. The molecule has 2 N–H and O–H groups in total. The summed E-state index contributed by atoms with van der Waals surface area (Å²) in [5.41, 5.74) is 0.202. The van der Waals surface area contributed by atoms with Crippen molar-refractivity contribution in [3.63, 3.8) is 0 Å². The molecule has 29 heavy (non-hydrogen) atoms. The van der Waals surface area contributed by atoms with Crippen molar-refractivity contribution >= 4 is 21.9 Å². The number of nitrogens with zero attached hydrogens (tertiary/aromatic N) is 5. The molecule has 2 rings (SSSR count). The predicted molar refractivity (Wildman–Crippen MR) is 97.7 cm³/mol. The lowest BCUT2D eigenvalue weighted by Crippen LogP contribution is -2.30. The average Bonchev–Trinajstić information content (AvgIpc) is 3.12. The molecule has 12 nitrogen and oxygen atoms in total. The first-order chi connectivity index (χ1) is 13.7. The summed E-state index contributed by atoms with van der Waals surface area (Å²) in [6.07, 6.45) is 1.81. The van der Waals surface area contributed by atoms with Gasteiger partial charge in [-0.25, -0.2) is 18.4 Å². The van der Waals surface area contributed by atoms with Gasteiger partial charge in [0.1, 0.15) is 16.8 Å². The number of hydrogen-bond donors (Lipinski definition) is 2. The van der Waals surface area contributed by atoms with Crippen molar-refractivity contribution in [1.29, 1.82) is 5.26 Å². The van der Waals surface area contributed by atoms with E-state index in [1.54, 1.807) is 6.07 Å². The van der Waals surface area contributed by atoms with Crippen LogP contribution in [0.15, 0.2) is 28.0 Å². The summed E-state index contributed by atoms with van der Waals surface area (Å²) in [6.45, 7) is 1.89. The molecule has 0 aromatic carbocycles. The largest absolute Gasteiger partial charge is 0.386 e. The third-order valence-corrected chi connectivity index (χ3v) is 5.84. The molecule has 0 spiro atoms. The van der Waals surface area contributed by atoms with E-state index < -0.39 is 28.0 Å². The molecule has 2 aromatic rings. The molecule has 156 valence electrons. The molecular weight excluding hydrogens is 404 g/mol. The number of aryl methyl sites for hydroxylation is 1. The zero-order valence-electron chi connectivity index (χ0n) is 15.9. The van der Waals surface area contributed by atoms with E-state index in [0.29, 0.717) is 0 Å². The monoisotopic (exact) mass is 424 g/mol. The summed E-state index contributed by atoms with van der Waals surface area (Å²) in [7, 11) is -0.980. The molecule has 0 aliphatic heterocycles. The Balaban J connectivity index is 2.11. The Morgan fingerprint density at radius 3 is 2.59 bits per heavy atom. The summed E-state index contributed by atoms with van der Waals surface area (Å²) in [6, 6.07) is 1.71. The van der Waals surface area contributed by atoms with Gasteiger partial charge in [-0.15, -0.1) is 0 Å². The summed E-state index contributed by atoms with van der Waals surface area (Å²) in [4.78, 5) is 19.8. The molecule has 1 amide bonds. The molecule has 0 aliphatic rings. The van der Waals surface area contributed by atoms with Gasteiger partial charge in [0.15, 0.2) is 5.92 Å². The summed E-state index contributed by atoms with van der Waals surface area (Å²) >= 11 is 0. The van der Waals surface area contributed by atoms with Crippen LogP contribution in [0.25, 0.3) is 0 Å². The first-order valence-electron chi connectivity index (χ1n) is 8.29. The van der Waals surface area contributed by atoms with Crippen LogP contribution in [0.3, 0.4) is 0 Å². The Morgan fingerprint density at radius 1 is 1.41 bits per heavy atom. The van der Waals surface area contributed by atoms with Gasteiger partial charge in [-0.3, -0.25) is 10.1 Å². The second-order valence-electron chi connectivity index (χ2n) is 5.94. The number of likely N-dealkylation sites (N-methyl/N-ethyl adjacent to an activating group) is 1. The maximum Gasteiger partial charge on any atom is 0.247 e. The van der Waals surface area contributed by atoms with Crippen molar-refractivity contribution in [2.75, 3.05) is 32.6 Å². The molecule has 0 aliphatic carbocycles. The predicted octanol–water partition coefficient (Wildman–Crippen LogP) is -0.148. The van der Waals surface area contributed by atoms with Gasteiger partial charge in [0.25, 0.3) is 0 Å². The maximum atomic E-state index is 12.4. The Morgan fingerprint density at radius 2 is 2.07 bits per heavy atom.